The van der Waals surface area contributed by atoms with Gasteiger partial charge in [-0.15, -0.1) is 0 Å². The predicted molar refractivity (Wildman–Crippen MR) is 99.3 cm³/mol. The summed E-state index contributed by atoms with van der Waals surface area (Å²) in [6, 6.07) is 18.1. The van der Waals surface area contributed by atoms with E-state index in [0.717, 1.165) is 12.0 Å². The predicted octanol–water partition coefficient (Wildman–Crippen LogP) is 2.95. The van der Waals surface area contributed by atoms with Crippen LogP contribution in [0.15, 0.2) is 54.6 Å². The minimum atomic E-state index is -1.20. The summed E-state index contributed by atoms with van der Waals surface area (Å²) in [6.07, 6.45) is 1.33. The zero-order valence-corrected chi connectivity index (χ0v) is 14.7. The van der Waals surface area contributed by atoms with Gasteiger partial charge in [0, 0.05) is 34.1 Å². The number of rotatable bonds is 6. The third-order valence-electron chi connectivity index (χ3n) is 3.37. The lowest BCUT2D eigenvalue weighted by molar-refractivity contribution is -0.114. The first kappa shape index (κ1) is 16.8. The highest BCUT2D eigenvalue weighted by molar-refractivity contribution is 14.2. The minimum Gasteiger partial charge on any atom is -0.352 e. The van der Waals surface area contributed by atoms with Crippen LogP contribution < -0.4 is 5.32 Å². The molecular weight excluding hydrogens is 389 g/mol. The van der Waals surface area contributed by atoms with E-state index < -0.39 is 21.1 Å². The number of amides is 1. The van der Waals surface area contributed by atoms with Crippen LogP contribution in [0.4, 0.5) is 0 Å². The van der Waals surface area contributed by atoms with Crippen LogP contribution in [0, 0.1) is 6.92 Å². The molecule has 2 aromatic rings. The molecule has 0 aliphatic carbocycles. The number of carbonyl (C=O) groups is 1. The number of nitrogens with one attached hydrogen (secondary N) is 1. The second-order valence-corrected chi connectivity index (χ2v) is 6.93. The monoisotopic (exact) mass is 409 g/mol. The van der Waals surface area contributed by atoms with Crippen LogP contribution in [0.2, 0.25) is 0 Å². The highest BCUT2D eigenvalue weighted by atomic mass is 127. The van der Waals surface area contributed by atoms with Crippen LogP contribution in [0.1, 0.15) is 16.7 Å². The van der Waals surface area contributed by atoms with Crippen molar-refractivity contribution in [2.75, 3.05) is 6.54 Å². The molecule has 0 aliphatic rings. The van der Waals surface area contributed by atoms with E-state index in [1.807, 2.05) is 30.3 Å². The lowest BCUT2D eigenvalue weighted by Crippen LogP contribution is -2.32. The van der Waals surface area contributed by atoms with Crippen LogP contribution in [0.3, 0.4) is 0 Å². The normalized spacial score (nSPS) is 11.6. The number of carbonyl (C=O) groups excluding carboxylic acids is 1. The second kappa shape index (κ2) is 8.80. The van der Waals surface area contributed by atoms with E-state index in [9.17, 15) is 8.23 Å². The molecule has 0 aliphatic heterocycles. The van der Waals surface area contributed by atoms with Crippen molar-refractivity contribution in [3.05, 3.63) is 71.3 Å². The van der Waals surface area contributed by atoms with Gasteiger partial charge in [0.05, 0.1) is 3.51 Å². The number of halogens is 1. The van der Waals surface area contributed by atoms with E-state index in [-0.39, 0.29) is 5.91 Å². The molecule has 0 radical (unpaired) electrons. The molecule has 0 aromatic heterocycles. The molecular formula is C18H20INO2. The molecule has 0 saturated heterocycles. The maximum atomic E-state index is 12.1. The van der Waals surface area contributed by atoms with Crippen LogP contribution in [-0.2, 0) is 17.6 Å². The molecule has 3 nitrogen and oxygen atoms in total. The first-order chi connectivity index (χ1) is 10.7. The Morgan fingerprint density at radius 3 is 2.36 bits per heavy atom. The molecule has 0 fully saturated rings. The fraction of sp³-hybridized carbons (Fsp3) is 0.222. The lowest BCUT2D eigenvalue weighted by Gasteiger charge is -2.08. The Morgan fingerprint density at radius 1 is 1.05 bits per heavy atom. The molecule has 0 spiro atoms. The molecule has 0 unspecified atom stereocenters. The summed E-state index contributed by atoms with van der Waals surface area (Å²) in [4.78, 5) is 12.1. The highest BCUT2D eigenvalue weighted by Gasteiger charge is 2.10. The summed E-state index contributed by atoms with van der Waals surface area (Å²) in [7, 11) is 0. The van der Waals surface area contributed by atoms with Crippen LogP contribution in [0.5, 0.6) is 0 Å². The average molecular weight is 409 g/mol. The zero-order chi connectivity index (χ0) is 15.8. The number of benzene rings is 2. The lowest BCUT2D eigenvalue weighted by atomic mass is 10.1. The maximum absolute atomic E-state index is 12.1. The molecule has 2 N–H and O–H groups in total. The average Bonchev–Trinajstić information content (AvgIpc) is 2.55. The molecule has 0 heterocycles. The minimum absolute atomic E-state index is 0.119. The highest BCUT2D eigenvalue weighted by Crippen LogP contribution is 2.06. The number of hydrogen-bond donors (Lipinski definition) is 2. The molecule has 0 atom stereocenters. The molecule has 0 bridgehead atoms. The third kappa shape index (κ3) is 5.35. The fourth-order valence-electron chi connectivity index (χ4n) is 2.09. The maximum Gasteiger partial charge on any atom is 0.255 e. The first-order valence-corrected chi connectivity index (χ1v) is 9.25. The Kier molecular flexibility index (Phi) is 6.74. The van der Waals surface area contributed by atoms with Crippen molar-refractivity contribution in [1.82, 2.24) is 5.32 Å². The summed E-state index contributed by atoms with van der Waals surface area (Å²) < 4.78 is 10.1. The van der Waals surface area contributed by atoms with Gasteiger partial charge in [-0.25, -0.2) is 0 Å². The van der Waals surface area contributed by atoms with Gasteiger partial charge in [-0.3, -0.25) is 4.79 Å². The van der Waals surface area contributed by atoms with Gasteiger partial charge in [-0.05, 0) is 24.5 Å². The zero-order valence-electron chi connectivity index (χ0n) is 12.6. The Morgan fingerprint density at radius 2 is 1.73 bits per heavy atom. The van der Waals surface area contributed by atoms with E-state index in [0.29, 0.717) is 16.5 Å². The Balaban J connectivity index is 1.83. The van der Waals surface area contributed by atoms with Crippen molar-refractivity contribution in [1.29, 1.82) is 0 Å². The van der Waals surface area contributed by atoms with Gasteiger partial charge < -0.3 is 8.75 Å². The van der Waals surface area contributed by atoms with Crippen molar-refractivity contribution in [3.63, 3.8) is 0 Å². The summed E-state index contributed by atoms with van der Waals surface area (Å²) in [6.45, 7) is 2.64. The smallest absolute Gasteiger partial charge is 0.255 e. The Hall–Kier alpha value is -1.53. The number of hydrogen-bond acceptors (Lipinski definition) is 2. The van der Waals surface area contributed by atoms with Crippen LogP contribution in [-0.4, -0.2) is 19.4 Å². The SMILES string of the molecule is Cc1ccc(CCNC(=O)C(Cc2ccccc2)=IO)cc1. The van der Waals surface area contributed by atoms with Crippen LogP contribution >= 0.6 is 21.1 Å². The van der Waals surface area contributed by atoms with Gasteiger partial charge in [-0.1, -0.05) is 60.2 Å². The molecule has 116 valence electrons. The van der Waals surface area contributed by atoms with Crippen molar-refractivity contribution in [3.8, 4) is 0 Å². The second-order valence-electron chi connectivity index (χ2n) is 5.14. The van der Waals surface area contributed by atoms with Crippen LogP contribution in [0.25, 0.3) is 0 Å². The van der Waals surface area contributed by atoms with Gasteiger partial charge >= 0.3 is 0 Å². The van der Waals surface area contributed by atoms with Gasteiger partial charge in [0.25, 0.3) is 5.91 Å². The Bertz CT molecular complexity index is 636. The molecule has 2 rings (SSSR count). The topological polar surface area (TPSA) is 49.3 Å². The van der Waals surface area contributed by atoms with Crippen molar-refractivity contribution >= 4 is 30.6 Å². The largest absolute Gasteiger partial charge is 0.352 e. The van der Waals surface area contributed by atoms with Gasteiger partial charge in [0.2, 0.25) is 0 Å². The van der Waals surface area contributed by atoms with Gasteiger partial charge in [0.1, 0.15) is 0 Å². The first-order valence-electron chi connectivity index (χ1n) is 7.21. The summed E-state index contributed by atoms with van der Waals surface area (Å²) in [5.41, 5.74) is 3.49. The van der Waals surface area contributed by atoms with E-state index in [4.69, 9.17) is 0 Å². The van der Waals surface area contributed by atoms with Gasteiger partial charge in [0.15, 0.2) is 0 Å². The van der Waals surface area contributed by atoms with Gasteiger partial charge in [-0.2, -0.15) is 0 Å². The molecule has 0 saturated carbocycles. The van der Waals surface area contributed by atoms with E-state index in [1.54, 1.807) is 0 Å². The summed E-state index contributed by atoms with van der Waals surface area (Å²) >= 11 is -1.20. The molecule has 1 amide bonds. The van der Waals surface area contributed by atoms with E-state index in [1.165, 1.54) is 11.1 Å². The summed E-state index contributed by atoms with van der Waals surface area (Å²) in [5, 5.41) is 2.91. The third-order valence-corrected chi connectivity index (χ3v) is 4.82. The van der Waals surface area contributed by atoms with Crippen molar-refractivity contribution in [2.45, 2.75) is 19.8 Å². The number of aryl methyl sites for hydroxylation is 1. The quantitative estimate of drug-likeness (QED) is 0.721. The van der Waals surface area contributed by atoms with Crippen molar-refractivity contribution < 1.29 is 8.23 Å². The van der Waals surface area contributed by atoms with Crippen molar-refractivity contribution in [2.24, 2.45) is 0 Å². The molecule has 4 heteroatoms. The van der Waals surface area contributed by atoms with E-state index in [2.05, 4.69) is 36.5 Å². The summed E-state index contributed by atoms with van der Waals surface area (Å²) in [5.74, 6) is -0.119. The fourth-order valence-corrected chi connectivity index (χ4v) is 3.12. The molecule has 22 heavy (non-hydrogen) atoms. The standard InChI is InChI=1S/C18H20INO2/c1-14-7-9-15(10-8-14)11-12-20-18(21)17(19-22)13-16-5-3-2-4-6-16/h2-10,22H,11-13H2,1H3,(H,20,21). The Labute approximate surface area is 141 Å². The van der Waals surface area contributed by atoms with E-state index >= 15 is 0 Å². The molecule has 2 aromatic carbocycles.